The second-order valence-electron chi connectivity index (χ2n) is 4.72. The van der Waals surface area contributed by atoms with Gasteiger partial charge in [-0.2, -0.15) is 0 Å². The van der Waals surface area contributed by atoms with Gasteiger partial charge in [0.2, 0.25) is 0 Å². The Morgan fingerprint density at radius 1 is 1.18 bits per heavy atom. The maximum Gasteiger partial charge on any atom is 0.0233 e. The normalized spacial score (nSPS) is 11.1. The maximum absolute atomic E-state index is 3.36. The van der Waals surface area contributed by atoms with Crippen LogP contribution in [0.1, 0.15) is 30.9 Å². The van der Waals surface area contributed by atoms with Crippen LogP contribution in [0, 0.1) is 6.92 Å². The highest BCUT2D eigenvalue weighted by atomic mass is 15.1. The molecule has 0 aliphatic carbocycles. The average molecular weight is 234 g/mol. The molecule has 2 nitrogen and oxygen atoms in total. The molecule has 0 heterocycles. The van der Waals surface area contributed by atoms with Gasteiger partial charge in [-0.15, -0.1) is 0 Å². The lowest BCUT2D eigenvalue weighted by molar-refractivity contribution is 0.317. The summed E-state index contributed by atoms with van der Waals surface area (Å²) < 4.78 is 0. The fourth-order valence-corrected chi connectivity index (χ4v) is 1.97. The van der Waals surface area contributed by atoms with Crippen molar-refractivity contribution in [1.29, 1.82) is 0 Å². The first-order valence-corrected chi connectivity index (χ1v) is 6.67. The van der Waals surface area contributed by atoms with Crippen LogP contribution in [0.5, 0.6) is 0 Å². The van der Waals surface area contributed by atoms with Gasteiger partial charge in [0, 0.05) is 6.54 Å². The van der Waals surface area contributed by atoms with E-state index in [0.717, 1.165) is 19.6 Å². The fraction of sp³-hybridized carbons (Fsp3) is 0.600. The molecule has 0 unspecified atom stereocenters. The molecular weight excluding hydrogens is 208 g/mol. The van der Waals surface area contributed by atoms with Crippen molar-refractivity contribution in [2.45, 2.75) is 33.2 Å². The zero-order valence-electron chi connectivity index (χ0n) is 11.5. The smallest absolute Gasteiger partial charge is 0.0233 e. The maximum atomic E-state index is 3.36. The molecule has 1 rings (SSSR count). The molecule has 1 N–H and O–H groups in total. The van der Waals surface area contributed by atoms with E-state index in [9.17, 15) is 0 Å². The topological polar surface area (TPSA) is 15.3 Å². The first-order chi connectivity index (χ1) is 8.24. The van der Waals surface area contributed by atoms with E-state index in [0.29, 0.717) is 0 Å². The summed E-state index contributed by atoms with van der Waals surface area (Å²) in [6.45, 7) is 8.82. The van der Waals surface area contributed by atoms with Gasteiger partial charge in [-0.1, -0.05) is 31.2 Å². The molecule has 0 aromatic heterocycles. The van der Waals surface area contributed by atoms with Crippen LogP contribution in [-0.4, -0.2) is 31.6 Å². The zero-order valence-corrected chi connectivity index (χ0v) is 11.5. The van der Waals surface area contributed by atoms with E-state index in [1.54, 1.807) is 0 Å². The Bertz CT molecular complexity index is 310. The molecule has 17 heavy (non-hydrogen) atoms. The predicted molar refractivity (Wildman–Crippen MR) is 75.3 cm³/mol. The second kappa shape index (κ2) is 8.26. The van der Waals surface area contributed by atoms with Gasteiger partial charge in [-0.3, -0.25) is 0 Å². The van der Waals surface area contributed by atoms with Crippen molar-refractivity contribution < 1.29 is 0 Å². The van der Waals surface area contributed by atoms with Gasteiger partial charge in [-0.05, 0) is 57.6 Å². The highest BCUT2D eigenvalue weighted by Gasteiger charge is 2.02. The number of nitrogens with one attached hydrogen (secondary N) is 1. The third-order valence-corrected chi connectivity index (χ3v) is 3.09. The molecule has 1 aromatic rings. The molecular formula is C15H26N2. The van der Waals surface area contributed by atoms with E-state index in [1.165, 1.54) is 30.5 Å². The number of unbranched alkanes of at least 4 members (excludes halogenated alkanes) is 1. The van der Waals surface area contributed by atoms with Crippen molar-refractivity contribution in [2.75, 3.05) is 26.7 Å². The molecule has 2 heteroatoms. The molecule has 0 spiro atoms. The minimum Gasteiger partial charge on any atom is -0.317 e. The van der Waals surface area contributed by atoms with E-state index in [1.807, 2.05) is 0 Å². The highest BCUT2D eigenvalue weighted by Crippen LogP contribution is 2.09. The Morgan fingerprint density at radius 2 is 1.94 bits per heavy atom. The van der Waals surface area contributed by atoms with Crippen LogP contribution in [0.15, 0.2) is 24.3 Å². The zero-order chi connectivity index (χ0) is 12.5. The predicted octanol–water partition coefficient (Wildman–Crippen LogP) is 2.82. The third kappa shape index (κ3) is 5.85. The Balaban J connectivity index is 2.21. The Morgan fingerprint density at radius 3 is 2.65 bits per heavy atom. The molecule has 0 bridgehead atoms. The number of rotatable bonds is 8. The number of hydrogen-bond acceptors (Lipinski definition) is 2. The fourth-order valence-electron chi connectivity index (χ4n) is 1.97. The summed E-state index contributed by atoms with van der Waals surface area (Å²) in [7, 11) is 2.21. The standard InChI is InChI=1S/C15H26N2/c1-4-16-11-7-8-12-17(3)13-15-10-6-5-9-14(15)2/h5-6,9-10,16H,4,7-8,11-13H2,1-3H3. The second-order valence-corrected chi connectivity index (χ2v) is 4.72. The minimum absolute atomic E-state index is 1.06. The number of aryl methyl sites for hydroxylation is 1. The van der Waals surface area contributed by atoms with Gasteiger partial charge in [-0.25, -0.2) is 0 Å². The van der Waals surface area contributed by atoms with Crippen LogP contribution in [-0.2, 0) is 6.54 Å². The first kappa shape index (κ1) is 14.2. The lowest BCUT2D eigenvalue weighted by Gasteiger charge is -2.17. The van der Waals surface area contributed by atoms with E-state index in [2.05, 4.69) is 55.4 Å². The number of benzene rings is 1. The van der Waals surface area contributed by atoms with E-state index >= 15 is 0 Å². The summed E-state index contributed by atoms with van der Waals surface area (Å²) >= 11 is 0. The van der Waals surface area contributed by atoms with Gasteiger partial charge in [0.05, 0.1) is 0 Å². The molecule has 0 saturated carbocycles. The van der Waals surface area contributed by atoms with E-state index in [-0.39, 0.29) is 0 Å². The summed E-state index contributed by atoms with van der Waals surface area (Å²) in [5, 5.41) is 3.36. The quantitative estimate of drug-likeness (QED) is 0.696. The molecule has 0 saturated heterocycles. The van der Waals surface area contributed by atoms with Crippen LogP contribution in [0.2, 0.25) is 0 Å². The Kier molecular flexibility index (Phi) is 6.90. The first-order valence-electron chi connectivity index (χ1n) is 6.67. The van der Waals surface area contributed by atoms with Crippen molar-refractivity contribution in [3.63, 3.8) is 0 Å². The van der Waals surface area contributed by atoms with Crippen molar-refractivity contribution >= 4 is 0 Å². The minimum atomic E-state index is 1.06. The van der Waals surface area contributed by atoms with Gasteiger partial charge in [0.1, 0.15) is 0 Å². The summed E-state index contributed by atoms with van der Waals surface area (Å²) in [6.07, 6.45) is 2.54. The lowest BCUT2D eigenvalue weighted by Crippen LogP contribution is -2.21. The van der Waals surface area contributed by atoms with Crippen LogP contribution < -0.4 is 5.32 Å². The number of hydrogen-bond donors (Lipinski definition) is 1. The summed E-state index contributed by atoms with van der Waals surface area (Å²) in [6, 6.07) is 8.65. The molecule has 1 aromatic carbocycles. The van der Waals surface area contributed by atoms with Gasteiger partial charge < -0.3 is 10.2 Å². The van der Waals surface area contributed by atoms with Crippen LogP contribution in [0.4, 0.5) is 0 Å². The van der Waals surface area contributed by atoms with Crippen molar-refractivity contribution in [3.05, 3.63) is 35.4 Å². The molecule has 0 amide bonds. The van der Waals surface area contributed by atoms with Gasteiger partial charge >= 0.3 is 0 Å². The largest absolute Gasteiger partial charge is 0.317 e. The third-order valence-electron chi connectivity index (χ3n) is 3.09. The van der Waals surface area contributed by atoms with E-state index in [4.69, 9.17) is 0 Å². The summed E-state index contributed by atoms with van der Waals surface area (Å²) in [4.78, 5) is 2.41. The van der Waals surface area contributed by atoms with Crippen LogP contribution in [0.25, 0.3) is 0 Å². The SMILES string of the molecule is CCNCCCCN(C)Cc1ccccc1C. The van der Waals surface area contributed by atoms with Crippen molar-refractivity contribution in [2.24, 2.45) is 0 Å². The summed E-state index contributed by atoms with van der Waals surface area (Å²) in [5.74, 6) is 0. The van der Waals surface area contributed by atoms with Gasteiger partial charge in [0.25, 0.3) is 0 Å². The Labute approximate surface area is 106 Å². The molecule has 0 radical (unpaired) electrons. The number of nitrogens with zero attached hydrogens (tertiary/aromatic N) is 1. The molecule has 0 fully saturated rings. The Hall–Kier alpha value is -0.860. The average Bonchev–Trinajstić information content (AvgIpc) is 2.32. The monoisotopic (exact) mass is 234 g/mol. The molecule has 96 valence electrons. The van der Waals surface area contributed by atoms with Crippen molar-refractivity contribution in [3.8, 4) is 0 Å². The van der Waals surface area contributed by atoms with Crippen LogP contribution >= 0.6 is 0 Å². The van der Waals surface area contributed by atoms with Crippen molar-refractivity contribution in [1.82, 2.24) is 10.2 Å². The van der Waals surface area contributed by atoms with E-state index < -0.39 is 0 Å². The molecule has 0 aliphatic rings. The lowest BCUT2D eigenvalue weighted by atomic mass is 10.1. The summed E-state index contributed by atoms with van der Waals surface area (Å²) in [5.41, 5.74) is 2.84. The molecule has 0 atom stereocenters. The molecule has 0 aliphatic heterocycles. The highest BCUT2D eigenvalue weighted by molar-refractivity contribution is 5.25. The van der Waals surface area contributed by atoms with Gasteiger partial charge in [0.15, 0.2) is 0 Å². The van der Waals surface area contributed by atoms with Crippen LogP contribution in [0.3, 0.4) is 0 Å².